The van der Waals surface area contributed by atoms with Gasteiger partial charge in [-0.15, -0.1) is 6.42 Å². The molecule has 0 aromatic carbocycles. The van der Waals surface area contributed by atoms with Crippen LogP contribution in [0.25, 0.3) is 0 Å². The summed E-state index contributed by atoms with van der Waals surface area (Å²) in [4.78, 5) is 9.67. The summed E-state index contributed by atoms with van der Waals surface area (Å²) in [6.07, 6.45) is 9.82. The standard InChI is InChI=1S/C8H9O/c1-3-8(2)6-4-5-7-9/h1,6H,4-5H2,2H3. The van der Waals surface area contributed by atoms with Crippen molar-refractivity contribution in [1.82, 2.24) is 0 Å². The number of carbonyl (C=O) groups excluding carboxylic acids is 1. The number of terminal acetylenes is 1. The van der Waals surface area contributed by atoms with Crippen molar-refractivity contribution < 1.29 is 4.79 Å². The number of unbranched alkanes of at least 4 members (excludes halogenated alkanes) is 1. The highest BCUT2D eigenvalue weighted by Gasteiger charge is 1.81. The molecule has 0 aliphatic heterocycles. The van der Waals surface area contributed by atoms with Gasteiger partial charge in [0, 0.05) is 6.42 Å². The van der Waals surface area contributed by atoms with E-state index in [1.807, 2.05) is 13.0 Å². The normalized spacial score (nSPS) is 10.4. The van der Waals surface area contributed by atoms with E-state index in [9.17, 15) is 4.79 Å². The maximum atomic E-state index is 9.67. The van der Waals surface area contributed by atoms with Crippen molar-refractivity contribution in [1.29, 1.82) is 0 Å². The van der Waals surface area contributed by atoms with Crippen molar-refractivity contribution in [3.05, 3.63) is 11.6 Å². The van der Waals surface area contributed by atoms with E-state index in [2.05, 4.69) is 5.92 Å². The van der Waals surface area contributed by atoms with Crippen molar-refractivity contribution in [2.45, 2.75) is 19.8 Å². The lowest BCUT2D eigenvalue weighted by molar-refractivity contribution is 0.552. The second-order valence-corrected chi connectivity index (χ2v) is 1.71. The van der Waals surface area contributed by atoms with Crippen LogP contribution in [0, 0.1) is 12.3 Å². The summed E-state index contributed by atoms with van der Waals surface area (Å²) < 4.78 is 0. The van der Waals surface area contributed by atoms with Gasteiger partial charge in [-0.1, -0.05) is 12.0 Å². The molecule has 0 spiro atoms. The summed E-state index contributed by atoms with van der Waals surface area (Å²) in [6, 6.07) is 0. The smallest absolute Gasteiger partial charge is 0.198 e. The molecule has 0 aromatic heterocycles. The zero-order valence-electron chi connectivity index (χ0n) is 5.48. The Kier molecular flexibility index (Phi) is 4.53. The molecular weight excluding hydrogens is 112 g/mol. The van der Waals surface area contributed by atoms with Crippen LogP contribution in [0.3, 0.4) is 0 Å². The van der Waals surface area contributed by atoms with Crippen molar-refractivity contribution in [3.8, 4) is 12.3 Å². The summed E-state index contributed by atoms with van der Waals surface area (Å²) in [6.45, 7) is 1.84. The first kappa shape index (κ1) is 7.97. The predicted octanol–water partition coefficient (Wildman–Crippen LogP) is 1.46. The highest BCUT2D eigenvalue weighted by Crippen LogP contribution is 1.93. The van der Waals surface area contributed by atoms with E-state index < -0.39 is 0 Å². The molecule has 0 rings (SSSR count). The van der Waals surface area contributed by atoms with Crippen molar-refractivity contribution in [2.24, 2.45) is 0 Å². The summed E-state index contributed by atoms with van der Waals surface area (Å²) in [5.41, 5.74) is 0.880. The Morgan fingerprint density at radius 3 is 2.89 bits per heavy atom. The lowest BCUT2D eigenvalue weighted by Gasteiger charge is -1.83. The SMILES string of the molecule is C#CC(C)=CCC[C]=O. The van der Waals surface area contributed by atoms with E-state index in [1.165, 1.54) is 0 Å². The second-order valence-electron chi connectivity index (χ2n) is 1.71. The molecule has 0 amide bonds. The average molecular weight is 121 g/mol. The van der Waals surface area contributed by atoms with Crippen LogP contribution in [-0.4, -0.2) is 6.29 Å². The van der Waals surface area contributed by atoms with Crippen molar-refractivity contribution in [2.75, 3.05) is 0 Å². The molecule has 0 N–H and O–H groups in total. The summed E-state index contributed by atoms with van der Waals surface area (Å²) in [7, 11) is 0. The molecule has 0 aliphatic rings. The van der Waals surface area contributed by atoms with E-state index >= 15 is 0 Å². The number of allylic oxidation sites excluding steroid dienone is 2. The molecular formula is C8H9O. The van der Waals surface area contributed by atoms with Crippen LogP contribution in [-0.2, 0) is 4.79 Å². The van der Waals surface area contributed by atoms with Crippen LogP contribution >= 0.6 is 0 Å². The highest BCUT2D eigenvalue weighted by atomic mass is 16.1. The fraction of sp³-hybridized carbons (Fsp3) is 0.375. The van der Waals surface area contributed by atoms with E-state index in [0.717, 1.165) is 5.57 Å². The Bertz CT molecular complexity index is 148. The van der Waals surface area contributed by atoms with Gasteiger partial charge in [-0.05, 0) is 18.9 Å². The van der Waals surface area contributed by atoms with Gasteiger partial charge in [-0.3, -0.25) is 4.79 Å². The molecule has 0 saturated heterocycles. The highest BCUT2D eigenvalue weighted by molar-refractivity contribution is 5.50. The molecule has 0 aromatic rings. The van der Waals surface area contributed by atoms with E-state index in [-0.39, 0.29) is 0 Å². The average Bonchev–Trinajstić information content (AvgIpc) is 1.89. The molecule has 9 heavy (non-hydrogen) atoms. The molecule has 0 atom stereocenters. The molecule has 0 bridgehead atoms. The first-order valence-corrected chi connectivity index (χ1v) is 2.79. The van der Waals surface area contributed by atoms with Crippen molar-refractivity contribution >= 4 is 6.29 Å². The topological polar surface area (TPSA) is 17.1 Å². The van der Waals surface area contributed by atoms with Gasteiger partial charge in [-0.25, -0.2) is 0 Å². The fourth-order valence-corrected chi connectivity index (χ4v) is 0.407. The Labute approximate surface area is 55.8 Å². The molecule has 1 radical (unpaired) electrons. The monoisotopic (exact) mass is 121 g/mol. The Hall–Kier alpha value is -1.03. The summed E-state index contributed by atoms with van der Waals surface area (Å²) in [5.74, 6) is 2.46. The van der Waals surface area contributed by atoms with Crippen molar-refractivity contribution in [3.63, 3.8) is 0 Å². The molecule has 0 saturated carbocycles. The third kappa shape index (κ3) is 4.83. The zero-order chi connectivity index (χ0) is 7.11. The van der Waals surface area contributed by atoms with Crippen LogP contribution in [0.15, 0.2) is 11.6 Å². The molecule has 0 heterocycles. The van der Waals surface area contributed by atoms with Gasteiger partial charge in [0.15, 0.2) is 6.29 Å². The minimum absolute atomic E-state index is 0.443. The maximum absolute atomic E-state index is 9.67. The predicted molar refractivity (Wildman–Crippen MR) is 37.5 cm³/mol. The van der Waals surface area contributed by atoms with E-state index in [0.29, 0.717) is 12.8 Å². The van der Waals surface area contributed by atoms with Gasteiger partial charge in [0.2, 0.25) is 0 Å². The molecule has 1 nitrogen and oxygen atoms in total. The van der Waals surface area contributed by atoms with Gasteiger partial charge in [-0.2, -0.15) is 0 Å². The quantitative estimate of drug-likeness (QED) is 0.408. The van der Waals surface area contributed by atoms with Crippen LogP contribution in [0.1, 0.15) is 19.8 Å². The van der Waals surface area contributed by atoms with Gasteiger partial charge in [0.1, 0.15) is 0 Å². The van der Waals surface area contributed by atoms with Crippen LogP contribution < -0.4 is 0 Å². The van der Waals surface area contributed by atoms with Gasteiger partial charge in [0.25, 0.3) is 0 Å². The van der Waals surface area contributed by atoms with E-state index in [4.69, 9.17) is 6.42 Å². The Balaban J connectivity index is 3.46. The van der Waals surface area contributed by atoms with Gasteiger partial charge >= 0.3 is 0 Å². The lowest BCUT2D eigenvalue weighted by Crippen LogP contribution is -1.73. The number of hydrogen-bond acceptors (Lipinski definition) is 1. The fourth-order valence-electron chi connectivity index (χ4n) is 0.407. The van der Waals surface area contributed by atoms with Crippen LogP contribution in [0.2, 0.25) is 0 Å². The lowest BCUT2D eigenvalue weighted by atomic mass is 10.2. The minimum Gasteiger partial charge on any atom is -0.291 e. The summed E-state index contributed by atoms with van der Waals surface area (Å²) >= 11 is 0. The van der Waals surface area contributed by atoms with Crippen LogP contribution in [0.4, 0.5) is 0 Å². The molecule has 0 unspecified atom stereocenters. The Morgan fingerprint density at radius 1 is 1.78 bits per heavy atom. The number of rotatable bonds is 3. The van der Waals surface area contributed by atoms with Gasteiger partial charge in [0.05, 0.1) is 0 Å². The molecule has 1 heteroatoms. The third-order valence-corrected chi connectivity index (χ3v) is 0.925. The first-order valence-electron chi connectivity index (χ1n) is 2.79. The maximum Gasteiger partial charge on any atom is 0.198 e. The Morgan fingerprint density at radius 2 is 2.44 bits per heavy atom. The largest absolute Gasteiger partial charge is 0.291 e. The summed E-state index contributed by atoms with van der Waals surface area (Å²) in [5, 5.41) is 0. The molecule has 47 valence electrons. The molecule has 0 fully saturated rings. The van der Waals surface area contributed by atoms with Gasteiger partial charge < -0.3 is 0 Å². The number of hydrogen-bond donors (Lipinski definition) is 0. The first-order chi connectivity index (χ1) is 4.31. The molecule has 0 aliphatic carbocycles. The second kappa shape index (κ2) is 5.11. The minimum atomic E-state index is 0.443. The zero-order valence-corrected chi connectivity index (χ0v) is 5.48. The third-order valence-electron chi connectivity index (χ3n) is 0.925. The van der Waals surface area contributed by atoms with E-state index in [1.54, 1.807) is 6.29 Å². The van der Waals surface area contributed by atoms with Crippen LogP contribution in [0.5, 0.6) is 0 Å².